The maximum Gasteiger partial charge on any atom is 0.350 e. The van der Waals surface area contributed by atoms with Gasteiger partial charge in [-0.05, 0) is 61.2 Å². The Morgan fingerprint density at radius 3 is 2.01 bits per heavy atom. The number of ether oxygens (including phenoxy) is 8. The second kappa shape index (κ2) is 25.5. The van der Waals surface area contributed by atoms with Crippen LogP contribution in [-0.4, -0.2) is 152 Å². The minimum absolute atomic E-state index is 0.0211. The SMILES string of the molecule is CC(=O)O[C@H]1C(=O)[C@]2(C)[C@@H](O)CC3OC[C@@]3(OC(C)=O)[C@H]2[C@H](OC(=O)c2ccccc2)[C@]2(O)CC(OC(=O)[C@H](OC(=O)CCCC(=O)NCCOCCOCCN)[C@@H](NC(=O)c3ccccc3)c3ccccc3)C(C)=C1C2(C)C. The highest BCUT2D eigenvalue weighted by atomic mass is 16.6. The Balaban J connectivity index is 1.30. The lowest BCUT2D eigenvalue weighted by molar-refractivity contribution is -0.346. The molecule has 79 heavy (non-hydrogen) atoms. The smallest absolute Gasteiger partial charge is 0.350 e. The summed E-state index contributed by atoms with van der Waals surface area (Å²) in [7, 11) is 0. The second-order valence-corrected chi connectivity index (χ2v) is 21.0. The molecule has 7 rings (SSSR count). The number of aliphatic hydroxyl groups is 2. The lowest BCUT2D eigenvalue weighted by Crippen LogP contribution is -2.82. The quantitative estimate of drug-likeness (QED) is 0.0392. The summed E-state index contributed by atoms with van der Waals surface area (Å²) in [6.07, 6.45) is -11.5. The van der Waals surface area contributed by atoms with Gasteiger partial charge in [0.15, 0.2) is 17.5 Å². The van der Waals surface area contributed by atoms with Crippen LogP contribution in [-0.2, 0) is 66.7 Å². The Kier molecular flexibility index (Phi) is 19.3. The van der Waals surface area contributed by atoms with Crippen LogP contribution in [0.1, 0.15) is 106 Å². The third kappa shape index (κ3) is 12.6. The van der Waals surface area contributed by atoms with Gasteiger partial charge >= 0.3 is 29.8 Å². The number of Topliss-reactive ketones (excluding diaryl/α,β-unsaturated/α-hetero) is 1. The molecule has 1 aliphatic heterocycles. The van der Waals surface area contributed by atoms with Crippen molar-refractivity contribution in [2.75, 3.05) is 46.1 Å². The van der Waals surface area contributed by atoms with Crippen LogP contribution in [0.5, 0.6) is 0 Å². The first-order valence-electron chi connectivity index (χ1n) is 26.4. The van der Waals surface area contributed by atoms with Crippen LogP contribution in [0.15, 0.2) is 102 Å². The number of carbonyl (C=O) groups excluding carboxylic acids is 8. The number of ketones is 1. The number of nitrogens with one attached hydrogen (secondary N) is 2. The van der Waals surface area contributed by atoms with E-state index in [1.54, 1.807) is 66.7 Å². The molecule has 21 nitrogen and oxygen atoms in total. The molecule has 3 aromatic carbocycles. The first kappa shape index (κ1) is 59.8. The standard InChI is InChI=1S/C58H71N3O18/c1-34-40(76-54(70)48(46(37-17-10-7-11-18-37)61-52(68)38-19-12-8-13-20-38)77-44(66)24-16-23-43(65)60-26-28-73-30-29-72-27-25-59)32-58(71)51(78-53(69)39-21-14-9-15-22-39)49-56(6,41(64)31-42-57(49,33-74-42)79-36(3)63)50(67)47(75-35(2)62)45(34)55(58,4)5/h7-15,17-22,40-42,46-49,51,64,71H,16,23-33,59H2,1-6H3,(H,60,65)(H,61,68)/t40?,41-,42?,46-,47+,48+,49-,51-,56+,57-,58+/m0/s1. The van der Waals surface area contributed by atoms with Crippen molar-refractivity contribution < 1.29 is 86.5 Å². The molecule has 426 valence electrons. The maximum absolute atomic E-state index is 15.8. The van der Waals surface area contributed by atoms with Crippen molar-refractivity contribution >= 4 is 47.4 Å². The van der Waals surface area contributed by atoms with E-state index in [2.05, 4.69) is 10.6 Å². The van der Waals surface area contributed by atoms with E-state index in [4.69, 9.17) is 43.6 Å². The van der Waals surface area contributed by atoms with E-state index in [-0.39, 0.29) is 73.6 Å². The topological polar surface area (TPSA) is 301 Å². The monoisotopic (exact) mass is 1100 g/mol. The largest absolute Gasteiger partial charge is 0.455 e. The number of amides is 2. The average molecular weight is 1100 g/mol. The number of nitrogens with two attached hydrogens (primary N) is 1. The third-order valence-electron chi connectivity index (χ3n) is 15.7. The zero-order chi connectivity index (χ0) is 57.3. The number of esters is 5. The summed E-state index contributed by atoms with van der Waals surface area (Å²) < 4.78 is 47.6. The highest BCUT2D eigenvalue weighted by Gasteiger charge is 2.78. The highest BCUT2D eigenvalue weighted by Crippen LogP contribution is 2.64. The zero-order valence-electron chi connectivity index (χ0n) is 45.3. The molecule has 6 N–H and O–H groups in total. The van der Waals surface area contributed by atoms with Gasteiger partial charge in [-0.3, -0.25) is 28.8 Å². The van der Waals surface area contributed by atoms with E-state index in [1.165, 1.54) is 52.0 Å². The van der Waals surface area contributed by atoms with Crippen molar-refractivity contribution in [1.82, 2.24) is 10.6 Å². The minimum Gasteiger partial charge on any atom is -0.455 e. The fourth-order valence-corrected chi connectivity index (χ4v) is 11.6. The zero-order valence-corrected chi connectivity index (χ0v) is 45.3. The lowest BCUT2D eigenvalue weighted by Gasteiger charge is -2.67. The third-order valence-corrected chi connectivity index (χ3v) is 15.7. The fourth-order valence-electron chi connectivity index (χ4n) is 11.6. The first-order valence-corrected chi connectivity index (χ1v) is 26.4. The summed E-state index contributed by atoms with van der Waals surface area (Å²) in [5.41, 5.74) is -2.23. The number of aliphatic hydroxyl groups excluding tert-OH is 1. The van der Waals surface area contributed by atoms with Crippen LogP contribution in [0.3, 0.4) is 0 Å². The predicted molar refractivity (Wildman–Crippen MR) is 279 cm³/mol. The molecule has 0 spiro atoms. The Morgan fingerprint density at radius 1 is 0.797 bits per heavy atom. The molecule has 3 aliphatic carbocycles. The summed E-state index contributed by atoms with van der Waals surface area (Å²) in [5.74, 6) is -8.51. The van der Waals surface area contributed by atoms with Crippen molar-refractivity contribution in [3.63, 3.8) is 0 Å². The van der Waals surface area contributed by atoms with Crippen LogP contribution in [0.2, 0.25) is 0 Å². The molecular formula is C58H71N3O18. The van der Waals surface area contributed by atoms with Gasteiger partial charge in [-0.25, -0.2) is 9.59 Å². The number of hydrogen-bond donors (Lipinski definition) is 5. The normalized spacial score (nSPS) is 27.4. The van der Waals surface area contributed by atoms with Gasteiger partial charge in [-0.2, -0.15) is 0 Å². The summed E-state index contributed by atoms with van der Waals surface area (Å²) in [5, 5.41) is 31.8. The Hall–Kier alpha value is -6.88. The number of benzene rings is 3. The summed E-state index contributed by atoms with van der Waals surface area (Å²) >= 11 is 0. The van der Waals surface area contributed by atoms with Crippen molar-refractivity contribution in [2.24, 2.45) is 22.5 Å². The van der Waals surface area contributed by atoms with Gasteiger partial charge in [0.05, 0.1) is 56.0 Å². The fraction of sp³-hybridized carbons (Fsp3) is 0.517. The summed E-state index contributed by atoms with van der Waals surface area (Å²) in [6.45, 7) is 9.61. The van der Waals surface area contributed by atoms with Crippen molar-refractivity contribution in [1.29, 1.82) is 0 Å². The van der Waals surface area contributed by atoms with Crippen LogP contribution in [0, 0.1) is 16.7 Å². The molecule has 1 heterocycles. The molecule has 3 aromatic rings. The van der Waals surface area contributed by atoms with Crippen LogP contribution in [0.4, 0.5) is 0 Å². The number of hydrogen-bond acceptors (Lipinski definition) is 19. The molecule has 21 heteroatoms. The van der Waals surface area contributed by atoms with E-state index in [0.29, 0.717) is 31.9 Å². The van der Waals surface area contributed by atoms with E-state index in [1.807, 2.05) is 0 Å². The van der Waals surface area contributed by atoms with E-state index in [9.17, 15) is 39.0 Å². The van der Waals surface area contributed by atoms with Gasteiger partial charge in [0, 0.05) is 63.6 Å². The molecule has 3 fully saturated rings. The van der Waals surface area contributed by atoms with Crippen molar-refractivity contribution in [3.05, 3.63) is 119 Å². The van der Waals surface area contributed by atoms with E-state index < -0.39 is 119 Å². The van der Waals surface area contributed by atoms with Crippen LogP contribution >= 0.6 is 0 Å². The molecular weight excluding hydrogens is 1030 g/mol. The molecule has 2 saturated carbocycles. The number of carbonyl (C=O) groups is 8. The molecule has 2 bridgehead atoms. The van der Waals surface area contributed by atoms with Gasteiger partial charge in [-0.1, -0.05) is 80.6 Å². The Labute approximate surface area is 458 Å². The Bertz CT molecular complexity index is 2740. The molecule has 11 atom stereocenters. The first-order chi connectivity index (χ1) is 37.6. The number of fused-ring (bicyclic) bond motifs is 5. The molecule has 2 amide bonds. The lowest BCUT2D eigenvalue weighted by atomic mass is 9.44. The molecule has 1 saturated heterocycles. The highest BCUT2D eigenvalue weighted by molar-refractivity contribution is 5.96. The van der Waals surface area contributed by atoms with Gasteiger partial charge < -0.3 is 64.5 Å². The van der Waals surface area contributed by atoms with E-state index in [0.717, 1.165) is 13.8 Å². The van der Waals surface area contributed by atoms with Gasteiger partial charge in [0.1, 0.15) is 30.0 Å². The molecule has 2 unspecified atom stereocenters. The molecule has 4 aliphatic rings. The van der Waals surface area contributed by atoms with Gasteiger partial charge in [0.25, 0.3) is 5.91 Å². The van der Waals surface area contributed by atoms with Crippen LogP contribution < -0.4 is 16.4 Å². The number of rotatable bonds is 23. The van der Waals surface area contributed by atoms with E-state index >= 15 is 9.59 Å². The van der Waals surface area contributed by atoms with Crippen LogP contribution in [0.25, 0.3) is 0 Å². The van der Waals surface area contributed by atoms with Crippen molar-refractivity contribution in [3.8, 4) is 0 Å². The van der Waals surface area contributed by atoms with Gasteiger partial charge in [-0.15, -0.1) is 0 Å². The minimum atomic E-state index is -2.50. The van der Waals surface area contributed by atoms with Gasteiger partial charge in [0.2, 0.25) is 12.0 Å². The predicted octanol–water partition coefficient (Wildman–Crippen LogP) is 3.57. The second-order valence-electron chi connectivity index (χ2n) is 21.0. The van der Waals surface area contributed by atoms with Crippen molar-refractivity contribution in [2.45, 2.75) is 128 Å². The molecule has 0 aromatic heterocycles. The molecule has 0 radical (unpaired) electrons. The Morgan fingerprint density at radius 2 is 1.42 bits per heavy atom. The summed E-state index contributed by atoms with van der Waals surface area (Å²) in [6, 6.07) is 22.5. The summed E-state index contributed by atoms with van der Waals surface area (Å²) in [4.78, 5) is 113. The average Bonchev–Trinajstić information content (AvgIpc) is 2.05. The maximum atomic E-state index is 15.8.